The number of benzene rings is 3. The van der Waals surface area contributed by atoms with Gasteiger partial charge in [-0.3, -0.25) is 4.68 Å². The standard InChI is InChI=1S/C29H30N2O4/c1-3-17-35-24-12-8-11-22(18-24)27-20-26(30-31(27)16-15-21-9-6-5-7-10-21)25-14-13-23(29(32)33)19-28(25)34-4-2/h5-14,18-20H,3-4,15-17H2,1-2H3,(H,32,33). The van der Waals surface area contributed by atoms with Gasteiger partial charge >= 0.3 is 5.97 Å². The van der Waals surface area contributed by atoms with E-state index in [-0.39, 0.29) is 5.56 Å². The van der Waals surface area contributed by atoms with Crippen molar-refractivity contribution in [2.24, 2.45) is 0 Å². The molecule has 0 atom stereocenters. The molecule has 0 unspecified atom stereocenters. The van der Waals surface area contributed by atoms with E-state index in [1.54, 1.807) is 18.2 Å². The van der Waals surface area contributed by atoms with Crippen molar-refractivity contribution in [3.63, 3.8) is 0 Å². The Morgan fingerprint density at radius 3 is 2.51 bits per heavy atom. The summed E-state index contributed by atoms with van der Waals surface area (Å²) in [6.45, 7) is 5.74. The molecular weight excluding hydrogens is 440 g/mol. The van der Waals surface area contributed by atoms with Crippen LogP contribution in [0.5, 0.6) is 11.5 Å². The fourth-order valence-electron chi connectivity index (χ4n) is 3.94. The highest BCUT2D eigenvalue weighted by atomic mass is 16.5. The maximum absolute atomic E-state index is 11.5. The Morgan fingerprint density at radius 2 is 1.77 bits per heavy atom. The summed E-state index contributed by atoms with van der Waals surface area (Å²) in [6.07, 6.45) is 1.77. The number of aromatic carboxylic acids is 1. The van der Waals surface area contributed by atoms with E-state index in [1.165, 1.54) is 5.56 Å². The Morgan fingerprint density at radius 1 is 0.943 bits per heavy atom. The normalized spacial score (nSPS) is 10.8. The van der Waals surface area contributed by atoms with Gasteiger partial charge in [-0.15, -0.1) is 0 Å². The van der Waals surface area contributed by atoms with Gasteiger partial charge in [-0.1, -0.05) is 49.4 Å². The molecule has 4 aromatic rings. The predicted octanol–water partition coefficient (Wildman–Crippen LogP) is 6.35. The van der Waals surface area contributed by atoms with Crippen LogP contribution in [-0.2, 0) is 13.0 Å². The summed E-state index contributed by atoms with van der Waals surface area (Å²) >= 11 is 0. The second-order valence-electron chi connectivity index (χ2n) is 8.20. The third-order valence-electron chi connectivity index (χ3n) is 5.64. The molecule has 0 amide bonds. The van der Waals surface area contributed by atoms with Gasteiger partial charge in [0.05, 0.1) is 30.2 Å². The van der Waals surface area contributed by atoms with Crippen LogP contribution in [0.15, 0.2) is 78.9 Å². The quantitative estimate of drug-likeness (QED) is 0.277. The molecular formula is C29H30N2O4. The summed E-state index contributed by atoms with van der Waals surface area (Å²) in [5, 5.41) is 14.3. The number of carboxylic acids is 1. The third-order valence-corrected chi connectivity index (χ3v) is 5.64. The summed E-state index contributed by atoms with van der Waals surface area (Å²) in [5.74, 6) is 0.338. The first-order valence-electron chi connectivity index (χ1n) is 11.9. The van der Waals surface area contributed by atoms with E-state index in [2.05, 4.69) is 25.1 Å². The number of hydrogen-bond acceptors (Lipinski definition) is 4. The van der Waals surface area contributed by atoms with E-state index < -0.39 is 5.97 Å². The van der Waals surface area contributed by atoms with E-state index in [0.29, 0.717) is 25.5 Å². The average molecular weight is 471 g/mol. The molecule has 3 aromatic carbocycles. The summed E-state index contributed by atoms with van der Waals surface area (Å²) in [4.78, 5) is 11.5. The fraction of sp³-hybridized carbons (Fsp3) is 0.241. The van der Waals surface area contributed by atoms with Gasteiger partial charge in [0, 0.05) is 17.7 Å². The number of ether oxygens (including phenoxy) is 2. The molecule has 1 N–H and O–H groups in total. The number of hydrogen-bond donors (Lipinski definition) is 1. The van der Waals surface area contributed by atoms with Gasteiger partial charge in [-0.25, -0.2) is 4.79 Å². The Hall–Kier alpha value is -4.06. The first kappa shape index (κ1) is 24.1. The molecule has 4 rings (SSSR count). The van der Waals surface area contributed by atoms with Crippen molar-refractivity contribution in [1.82, 2.24) is 9.78 Å². The summed E-state index contributed by atoms with van der Waals surface area (Å²) in [6, 6.07) is 25.3. The van der Waals surface area contributed by atoms with Crippen molar-refractivity contribution in [3.8, 4) is 34.0 Å². The minimum atomic E-state index is -0.990. The van der Waals surface area contributed by atoms with Crippen LogP contribution >= 0.6 is 0 Å². The highest BCUT2D eigenvalue weighted by Crippen LogP contribution is 2.34. The van der Waals surface area contributed by atoms with Crippen LogP contribution in [0.4, 0.5) is 0 Å². The number of aryl methyl sites for hydroxylation is 2. The third kappa shape index (κ3) is 5.90. The lowest BCUT2D eigenvalue weighted by Crippen LogP contribution is -2.06. The topological polar surface area (TPSA) is 73.6 Å². The molecule has 0 radical (unpaired) electrons. The Balaban J connectivity index is 1.76. The molecule has 0 aliphatic carbocycles. The van der Waals surface area contributed by atoms with Crippen molar-refractivity contribution in [1.29, 1.82) is 0 Å². The SMILES string of the molecule is CCCOc1cccc(-c2cc(-c3ccc(C(=O)O)cc3OCC)nn2CCc2ccccc2)c1. The molecule has 0 aliphatic heterocycles. The molecule has 0 saturated heterocycles. The molecule has 0 bridgehead atoms. The molecule has 6 heteroatoms. The van der Waals surface area contributed by atoms with Crippen molar-refractivity contribution < 1.29 is 19.4 Å². The van der Waals surface area contributed by atoms with E-state index in [4.69, 9.17) is 14.6 Å². The van der Waals surface area contributed by atoms with Crippen LogP contribution in [0.1, 0.15) is 36.2 Å². The van der Waals surface area contributed by atoms with Crippen molar-refractivity contribution in [3.05, 3.63) is 90.0 Å². The minimum Gasteiger partial charge on any atom is -0.494 e. The number of rotatable bonds is 11. The van der Waals surface area contributed by atoms with Crippen LogP contribution < -0.4 is 9.47 Å². The molecule has 0 aliphatic rings. The molecule has 180 valence electrons. The van der Waals surface area contributed by atoms with Gasteiger partial charge in [0.2, 0.25) is 0 Å². The molecule has 35 heavy (non-hydrogen) atoms. The molecule has 0 fully saturated rings. The predicted molar refractivity (Wildman–Crippen MR) is 137 cm³/mol. The lowest BCUT2D eigenvalue weighted by atomic mass is 10.1. The molecule has 0 saturated carbocycles. The first-order valence-corrected chi connectivity index (χ1v) is 11.9. The van der Waals surface area contributed by atoms with Crippen molar-refractivity contribution in [2.75, 3.05) is 13.2 Å². The van der Waals surface area contributed by atoms with E-state index in [9.17, 15) is 9.90 Å². The highest BCUT2D eigenvalue weighted by Gasteiger charge is 2.17. The van der Waals surface area contributed by atoms with Crippen LogP contribution in [-0.4, -0.2) is 34.1 Å². The zero-order valence-electron chi connectivity index (χ0n) is 20.1. The molecule has 1 heterocycles. The van der Waals surface area contributed by atoms with Gasteiger partial charge in [-0.05, 0) is 61.7 Å². The lowest BCUT2D eigenvalue weighted by molar-refractivity contribution is 0.0696. The minimum absolute atomic E-state index is 0.182. The molecule has 6 nitrogen and oxygen atoms in total. The summed E-state index contributed by atoms with van der Waals surface area (Å²) < 4.78 is 13.7. The number of aromatic nitrogens is 2. The smallest absolute Gasteiger partial charge is 0.335 e. The van der Waals surface area contributed by atoms with Crippen LogP contribution in [0.3, 0.4) is 0 Å². The Bertz CT molecular complexity index is 1280. The number of carboxylic acid groups (broad SMARTS) is 1. The van der Waals surface area contributed by atoms with Gasteiger partial charge in [-0.2, -0.15) is 5.10 Å². The maximum atomic E-state index is 11.5. The largest absolute Gasteiger partial charge is 0.494 e. The van der Waals surface area contributed by atoms with Crippen LogP contribution in [0.2, 0.25) is 0 Å². The fourth-order valence-corrected chi connectivity index (χ4v) is 3.94. The number of nitrogens with zero attached hydrogens (tertiary/aromatic N) is 2. The van der Waals surface area contributed by atoms with Crippen molar-refractivity contribution >= 4 is 5.97 Å². The van der Waals surface area contributed by atoms with Crippen molar-refractivity contribution in [2.45, 2.75) is 33.2 Å². The second kappa shape index (κ2) is 11.4. The molecule has 1 aromatic heterocycles. The first-order chi connectivity index (χ1) is 17.1. The monoisotopic (exact) mass is 470 g/mol. The van der Waals surface area contributed by atoms with Crippen LogP contribution in [0.25, 0.3) is 22.5 Å². The highest BCUT2D eigenvalue weighted by molar-refractivity contribution is 5.89. The number of carbonyl (C=O) groups is 1. The Kier molecular flexibility index (Phi) is 7.83. The summed E-state index contributed by atoms with van der Waals surface area (Å²) in [5.41, 5.74) is 4.87. The van der Waals surface area contributed by atoms with E-state index >= 15 is 0 Å². The zero-order chi connectivity index (χ0) is 24.6. The van der Waals surface area contributed by atoms with Gasteiger partial charge < -0.3 is 14.6 Å². The van der Waals surface area contributed by atoms with Gasteiger partial charge in [0.25, 0.3) is 0 Å². The van der Waals surface area contributed by atoms with Gasteiger partial charge in [0.15, 0.2) is 0 Å². The Labute approximate surface area is 205 Å². The maximum Gasteiger partial charge on any atom is 0.335 e. The second-order valence-corrected chi connectivity index (χ2v) is 8.20. The van der Waals surface area contributed by atoms with Crippen LogP contribution in [0, 0.1) is 0 Å². The summed E-state index contributed by atoms with van der Waals surface area (Å²) in [7, 11) is 0. The lowest BCUT2D eigenvalue weighted by Gasteiger charge is -2.10. The van der Waals surface area contributed by atoms with Gasteiger partial charge in [0.1, 0.15) is 11.5 Å². The molecule has 0 spiro atoms. The average Bonchev–Trinajstić information content (AvgIpc) is 3.31. The van der Waals surface area contributed by atoms with E-state index in [1.807, 2.05) is 54.1 Å². The zero-order valence-corrected chi connectivity index (χ0v) is 20.1. The van der Waals surface area contributed by atoms with E-state index in [0.717, 1.165) is 41.1 Å².